The molecule has 156 valence electrons. The lowest BCUT2D eigenvalue weighted by Crippen LogP contribution is -2.25. The molecule has 0 saturated carbocycles. The monoisotopic (exact) mass is 411 g/mol. The van der Waals surface area contributed by atoms with E-state index in [1.54, 1.807) is 0 Å². The van der Waals surface area contributed by atoms with Gasteiger partial charge in [-0.3, -0.25) is 9.59 Å². The van der Waals surface area contributed by atoms with Crippen molar-refractivity contribution in [3.05, 3.63) is 74.5 Å². The lowest BCUT2D eigenvalue weighted by molar-refractivity contribution is 0.873. The number of aromatic nitrogens is 2. The molecule has 0 aliphatic rings. The van der Waals surface area contributed by atoms with E-state index in [0.717, 1.165) is 47.3 Å². The van der Waals surface area contributed by atoms with Crippen molar-refractivity contribution in [1.82, 2.24) is 9.97 Å². The number of nitrogens with zero attached hydrogens (tertiary/aromatic N) is 1. The molecule has 0 saturated heterocycles. The van der Waals surface area contributed by atoms with E-state index >= 15 is 0 Å². The fraction of sp³-hybridized carbons (Fsp3) is 0.231. The zero-order chi connectivity index (χ0) is 21.7. The maximum atomic E-state index is 13.6. The molecule has 0 fully saturated rings. The van der Waals surface area contributed by atoms with Gasteiger partial charge in [-0.05, 0) is 50.1 Å². The van der Waals surface area contributed by atoms with Crippen molar-refractivity contribution < 1.29 is 0 Å². The van der Waals surface area contributed by atoms with Crippen LogP contribution in [0.1, 0.15) is 26.3 Å². The molecule has 0 aliphatic heterocycles. The van der Waals surface area contributed by atoms with Gasteiger partial charge in [-0.2, -0.15) is 0 Å². The van der Waals surface area contributed by atoms with Crippen molar-refractivity contribution in [1.29, 1.82) is 0 Å². The Morgan fingerprint density at radius 3 is 2.23 bits per heavy atom. The number of aromatic amines is 2. The van der Waals surface area contributed by atoms with Crippen LogP contribution in [0.4, 0.5) is 5.69 Å². The first-order chi connectivity index (χ1) is 15.1. The number of pyridine rings is 2. The van der Waals surface area contributed by atoms with Crippen molar-refractivity contribution in [2.75, 3.05) is 18.0 Å². The Hall–Kier alpha value is -3.60. The molecule has 2 heterocycles. The van der Waals surface area contributed by atoms with Gasteiger partial charge in [-0.1, -0.05) is 31.2 Å². The van der Waals surface area contributed by atoms with Gasteiger partial charge in [0.15, 0.2) is 10.9 Å². The third-order valence-electron chi connectivity index (χ3n) is 6.32. The third-order valence-corrected chi connectivity index (χ3v) is 6.32. The van der Waals surface area contributed by atoms with Crippen molar-refractivity contribution >= 4 is 49.3 Å². The number of nitrogens with one attached hydrogen (secondary N) is 2. The summed E-state index contributed by atoms with van der Waals surface area (Å²) in [5.41, 5.74) is 4.91. The first kappa shape index (κ1) is 19.4. The lowest BCUT2D eigenvalue weighted by Gasteiger charge is -2.25. The van der Waals surface area contributed by atoms with E-state index in [1.807, 2.05) is 48.5 Å². The summed E-state index contributed by atoms with van der Waals surface area (Å²) >= 11 is 0. The average Bonchev–Trinajstić information content (AvgIpc) is 2.80. The van der Waals surface area contributed by atoms with Gasteiger partial charge in [-0.15, -0.1) is 0 Å². The summed E-state index contributed by atoms with van der Waals surface area (Å²) < 4.78 is 0. The van der Waals surface area contributed by atoms with Crippen LogP contribution in [0.2, 0.25) is 0 Å². The molecule has 3 aromatic carbocycles. The summed E-state index contributed by atoms with van der Waals surface area (Å²) in [5.74, 6) is 0. The number of para-hydroxylation sites is 2. The second-order valence-corrected chi connectivity index (χ2v) is 7.89. The van der Waals surface area contributed by atoms with Crippen LogP contribution in [0, 0.1) is 0 Å². The minimum atomic E-state index is -0.0159. The van der Waals surface area contributed by atoms with Crippen molar-refractivity contribution in [2.24, 2.45) is 0 Å². The summed E-state index contributed by atoms with van der Waals surface area (Å²) in [6.07, 6.45) is 0.818. The minimum Gasteiger partial charge on any atom is -0.370 e. The SMILES string of the molecule is CCc1cccc2c(=O)c3cc4[nH]c5ccccc5c(=O)c4c(N(CC)CC)c3[nH]c12. The van der Waals surface area contributed by atoms with Gasteiger partial charge in [0.2, 0.25) is 0 Å². The van der Waals surface area contributed by atoms with Gasteiger partial charge >= 0.3 is 0 Å². The third kappa shape index (κ3) is 2.76. The minimum absolute atomic E-state index is 0.0108. The predicted octanol–water partition coefficient (Wildman–Crippen LogP) is 5.08. The predicted molar refractivity (Wildman–Crippen MR) is 131 cm³/mol. The number of benzene rings is 3. The molecule has 0 bridgehead atoms. The number of hydrogen-bond donors (Lipinski definition) is 2. The van der Waals surface area contributed by atoms with E-state index in [4.69, 9.17) is 0 Å². The molecule has 5 nitrogen and oxygen atoms in total. The number of aryl methyl sites for hydroxylation is 1. The molecule has 2 aromatic heterocycles. The number of anilines is 1. The van der Waals surface area contributed by atoms with E-state index in [2.05, 4.69) is 35.6 Å². The van der Waals surface area contributed by atoms with Crippen molar-refractivity contribution in [3.63, 3.8) is 0 Å². The summed E-state index contributed by atoms with van der Waals surface area (Å²) in [5, 5.41) is 2.56. The molecule has 0 atom stereocenters. The molecular formula is C26H25N3O2. The van der Waals surface area contributed by atoms with Crippen LogP contribution in [-0.4, -0.2) is 23.1 Å². The summed E-state index contributed by atoms with van der Waals surface area (Å²) in [4.78, 5) is 36.3. The van der Waals surface area contributed by atoms with E-state index < -0.39 is 0 Å². The van der Waals surface area contributed by atoms with Gasteiger partial charge in [0.05, 0.1) is 33.0 Å². The highest BCUT2D eigenvalue weighted by Crippen LogP contribution is 2.33. The van der Waals surface area contributed by atoms with E-state index in [-0.39, 0.29) is 10.9 Å². The van der Waals surface area contributed by atoms with Gasteiger partial charge in [0, 0.05) is 29.4 Å². The first-order valence-corrected chi connectivity index (χ1v) is 10.9. The molecule has 0 unspecified atom stereocenters. The largest absolute Gasteiger partial charge is 0.370 e. The molecule has 0 aliphatic carbocycles. The second kappa shape index (κ2) is 7.27. The highest BCUT2D eigenvalue weighted by molar-refractivity contribution is 6.13. The van der Waals surface area contributed by atoms with Crippen LogP contribution in [0.25, 0.3) is 43.6 Å². The molecule has 5 rings (SSSR count). The van der Waals surface area contributed by atoms with E-state index in [0.29, 0.717) is 27.1 Å². The molecular weight excluding hydrogens is 386 g/mol. The Bertz CT molecular complexity index is 1590. The van der Waals surface area contributed by atoms with Crippen LogP contribution < -0.4 is 15.8 Å². The normalized spacial score (nSPS) is 11.7. The molecule has 5 aromatic rings. The van der Waals surface area contributed by atoms with Crippen LogP contribution in [0.3, 0.4) is 0 Å². The standard InChI is InChI=1S/C26H25N3O2/c1-4-15-10-9-12-17-22(15)28-23-18(25(17)30)14-20-21(24(23)29(5-2)6-3)26(31)16-11-7-8-13-19(16)27-20/h7-14H,4-6H2,1-3H3,(H,27,31)(H,28,30). The smallest absolute Gasteiger partial charge is 0.199 e. The Balaban J connectivity index is 2.10. The van der Waals surface area contributed by atoms with Gasteiger partial charge < -0.3 is 14.9 Å². The van der Waals surface area contributed by atoms with Crippen molar-refractivity contribution in [3.8, 4) is 0 Å². The van der Waals surface area contributed by atoms with Gasteiger partial charge in [-0.25, -0.2) is 0 Å². The van der Waals surface area contributed by atoms with Crippen LogP contribution in [0.5, 0.6) is 0 Å². The average molecular weight is 412 g/mol. The highest BCUT2D eigenvalue weighted by Gasteiger charge is 2.20. The molecule has 31 heavy (non-hydrogen) atoms. The summed E-state index contributed by atoms with van der Waals surface area (Å²) in [6, 6.07) is 15.2. The maximum Gasteiger partial charge on any atom is 0.199 e. The quantitative estimate of drug-likeness (QED) is 0.405. The molecule has 2 N–H and O–H groups in total. The Kier molecular flexibility index (Phi) is 4.54. The van der Waals surface area contributed by atoms with Crippen LogP contribution in [-0.2, 0) is 6.42 Å². The topological polar surface area (TPSA) is 69.0 Å². The Labute approximate surface area is 179 Å². The Morgan fingerprint density at radius 2 is 1.48 bits per heavy atom. The van der Waals surface area contributed by atoms with Crippen LogP contribution in [0.15, 0.2) is 58.1 Å². The van der Waals surface area contributed by atoms with Gasteiger partial charge in [0.25, 0.3) is 0 Å². The fourth-order valence-electron chi connectivity index (χ4n) is 4.73. The van der Waals surface area contributed by atoms with E-state index in [1.165, 1.54) is 0 Å². The molecule has 5 heteroatoms. The first-order valence-electron chi connectivity index (χ1n) is 10.9. The number of fused-ring (bicyclic) bond motifs is 4. The number of H-pyrrole nitrogens is 2. The zero-order valence-corrected chi connectivity index (χ0v) is 18.0. The fourth-order valence-corrected chi connectivity index (χ4v) is 4.73. The lowest BCUT2D eigenvalue weighted by atomic mass is 10.0. The summed E-state index contributed by atoms with van der Waals surface area (Å²) in [7, 11) is 0. The molecule has 0 radical (unpaired) electrons. The van der Waals surface area contributed by atoms with Crippen LogP contribution >= 0.6 is 0 Å². The molecule has 0 spiro atoms. The Morgan fingerprint density at radius 1 is 0.742 bits per heavy atom. The molecule has 0 amide bonds. The maximum absolute atomic E-state index is 13.6. The number of hydrogen-bond acceptors (Lipinski definition) is 3. The van der Waals surface area contributed by atoms with Crippen molar-refractivity contribution in [2.45, 2.75) is 27.2 Å². The zero-order valence-electron chi connectivity index (χ0n) is 18.0. The van der Waals surface area contributed by atoms with Gasteiger partial charge in [0.1, 0.15) is 0 Å². The number of rotatable bonds is 4. The van der Waals surface area contributed by atoms with E-state index in [9.17, 15) is 9.59 Å². The highest BCUT2D eigenvalue weighted by atomic mass is 16.1. The summed E-state index contributed by atoms with van der Waals surface area (Å²) in [6.45, 7) is 7.68. The second-order valence-electron chi connectivity index (χ2n) is 7.89.